The van der Waals surface area contributed by atoms with Crippen LogP contribution in [-0.2, 0) is 5.54 Å². The van der Waals surface area contributed by atoms with Crippen molar-refractivity contribution in [2.75, 3.05) is 0 Å². The molecule has 0 atom stereocenters. The van der Waals surface area contributed by atoms with Gasteiger partial charge in [0.1, 0.15) is 12.7 Å². The summed E-state index contributed by atoms with van der Waals surface area (Å²) in [7, 11) is 0. The maximum absolute atomic E-state index is 3.81. The summed E-state index contributed by atoms with van der Waals surface area (Å²) in [5.74, 6) is 0. The number of hydrogen-bond donors (Lipinski definition) is 0. The topological polar surface area (TPSA) is 30.7 Å². The van der Waals surface area contributed by atoms with Gasteiger partial charge in [0, 0.05) is 5.54 Å². The van der Waals surface area contributed by atoms with Gasteiger partial charge >= 0.3 is 0 Å². The van der Waals surface area contributed by atoms with Crippen LogP contribution >= 0.6 is 0 Å². The maximum Gasteiger partial charge on any atom is 0.119 e. The van der Waals surface area contributed by atoms with E-state index in [2.05, 4.69) is 44.8 Å². The third-order valence-corrected chi connectivity index (χ3v) is 2.90. The Morgan fingerprint density at radius 2 is 1.33 bits per heavy atom. The Kier molecular flexibility index (Phi) is 1.98. The monoisotopic (exact) mass is 167 g/mol. The molecule has 0 aromatic carbocycles. The van der Waals surface area contributed by atoms with Crippen molar-refractivity contribution in [3.05, 3.63) is 12.7 Å². The van der Waals surface area contributed by atoms with E-state index in [-0.39, 0.29) is 11.0 Å². The third-order valence-electron chi connectivity index (χ3n) is 2.90. The van der Waals surface area contributed by atoms with Gasteiger partial charge in [0.2, 0.25) is 0 Å². The van der Waals surface area contributed by atoms with E-state index in [0.717, 1.165) is 0 Å². The molecule has 68 valence electrons. The molecule has 0 bridgehead atoms. The molecule has 0 aliphatic carbocycles. The average molecular weight is 167 g/mol. The van der Waals surface area contributed by atoms with E-state index in [9.17, 15) is 0 Å². The molecule has 0 saturated carbocycles. The lowest BCUT2D eigenvalue weighted by Gasteiger charge is -2.39. The first kappa shape index (κ1) is 9.23. The van der Waals surface area contributed by atoms with Gasteiger partial charge in [0.05, 0.1) is 0 Å². The summed E-state index contributed by atoms with van der Waals surface area (Å²) in [6.45, 7) is 11.0. The minimum atomic E-state index is 0.0521. The number of nitrogens with zero attached hydrogens (tertiary/aromatic N) is 3. The Morgan fingerprint density at radius 3 is 1.67 bits per heavy atom. The largest absolute Gasteiger partial charge is 0.314 e. The molecular weight excluding hydrogens is 150 g/mol. The highest BCUT2D eigenvalue weighted by Crippen LogP contribution is 2.35. The van der Waals surface area contributed by atoms with Gasteiger partial charge in [-0.3, -0.25) is 0 Å². The normalized spacial score (nSPS) is 13.4. The van der Waals surface area contributed by atoms with Crippen molar-refractivity contribution >= 4 is 0 Å². The SMILES string of the molecule is CC(C)(C)C(C)(C)n1cnnc1. The van der Waals surface area contributed by atoms with Gasteiger partial charge in [-0.1, -0.05) is 20.8 Å². The second-order valence-electron chi connectivity index (χ2n) is 4.68. The summed E-state index contributed by atoms with van der Waals surface area (Å²) in [6.07, 6.45) is 3.54. The smallest absolute Gasteiger partial charge is 0.119 e. The Balaban J connectivity index is 3.02. The molecule has 0 amide bonds. The predicted octanol–water partition coefficient (Wildman–Crippen LogP) is 2.06. The van der Waals surface area contributed by atoms with Gasteiger partial charge in [0.25, 0.3) is 0 Å². The van der Waals surface area contributed by atoms with Gasteiger partial charge in [0.15, 0.2) is 0 Å². The van der Waals surface area contributed by atoms with E-state index in [1.54, 1.807) is 12.7 Å². The molecule has 0 aliphatic heterocycles. The quantitative estimate of drug-likeness (QED) is 0.641. The molecule has 1 aromatic heterocycles. The molecule has 1 heterocycles. The minimum Gasteiger partial charge on any atom is -0.314 e. The lowest BCUT2D eigenvalue weighted by atomic mass is 9.76. The number of hydrogen-bond acceptors (Lipinski definition) is 2. The molecule has 0 spiro atoms. The highest BCUT2D eigenvalue weighted by Gasteiger charge is 2.34. The van der Waals surface area contributed by atoms with Crippen molar-refractivity contribution < 1.29 is 0 Å². The van der Waals surface area contributed by atoms with Crippen LogP contribution in [0.3, 0.4) is 0 Å². The van der Waals surface area contributed by atoms with Crippen LogP contribution in [-0.4, -0.2) is 14.8 Å². The van der Waals surface area contributed by atoms with E-state index in [1.165, 1.54) is 0 Å². The van der Waals surface area contributed by atoms with Crippen molar-refractivity contribution in [3.8, 4) is 0 Å². The molecule has 0 aliphatic rings. The van der Waals surface area contributed by atoms with Crippen molar-refractivity contribution in [2.45, 2.75) is 40.2 Å². The van der Waals surface area contributed by atoms with Crippen molar-refractivity contribution in [1.29, 1.82) is 0 Å². The van der Waals surface area contributed by atoms with Gasteiger partial charge < -0.3 is 4.57 Å². The van der Waals surface area contributed by atoms with E-state index < -0.39 is 0 Å². The van der Waals surface area contributed by atoms with Crippen LogP contribution in [0.15, 0.2) is 12.7 Å². The summed E-state index contributed by atoms with van der Waals surface area (Å²) >= 11 is 0. The molecular formula is C9H17N3. The van der Waals surface area contributed by atoms with Crippen molar-refractivity contribution in [3.63, 3.8) is 0 Å². The predicted molar refractivity (Wildman–Crippen MR) is 48.8 cm³/mol. The Bertz CT molecular complexity index is 241. The standard InChI is InChI=1S/C9H17N3/c1-8(2,3)9(4,5)12-6-10-11-7-12/h6-7H,1-5H3. The van der Waals surface area contributed by atoms with E-state index in [4.69, 9.17) is 0 Å². The molecule has 0 N–H and O–H groups in total. The van der Waals surface area contributed by atoms with Crippen LogP contribution in [0.25, 0.3) is 0 Å². The second kappa shape index (κ2) is 2.57. The lowest BCUT2D eigenvalue weighted by molar-refractivity contribution is 0.139. The highest BCUT2D eigenvalue weighted by molar-refractivity contribution is 4.90. The molecule has 1 aromatic rings. The molecule has 12 heavy (non-hydrogen) atoms. The van der Waals surface area contributed by atoms with E-state index >= 15 is 0 Å². The fourth-order valence-electron chi connectivity index (χ4n) is 0.877. The number of rotatable bonds is 1. The summed E-state index contributed by atoms with van der Waals surface area (Å²) < 4.78 is 2.05. The first-order valence-electron chi connectivity index (χ1n) is 4.21. The minimum absolute atomic E-state index is 0.0521. The molecule has 1 rings (SSSR count). The average Bonchev–Trinajstić information content (AvgIpc) is 2.34. The molecule has 3 heteroatoms. The second-order valence-corrected chi connectivity index (χ2v) is 4.68. The highest BCUT2D eigenvalue weighted by atomic mass is 15.3. The van der Waals surface area contributed by atoms with E-state index in [0.29, 0.717) is 0 Å². The van der Waals surface area contributed by atoms with E-state index in [1.807, 2.05) is 4.57 Å². The van der Waals surface area contributed by atoms with Crippen LogP contribution < -0.4 is 0 Å². The summed E-state index contributed by atoms with van der Waals surface area (Å²) in [5.41, 5.74) is 0.256. The van der Waals surface area contributed by atoms with Gasteiger partial charge in [-0.2, -0.15) is 0 Å². The zero-order chi connectivity index (χ0) is 9.41. The molecule has 0 radical (unpaired) electrons. The van der Waals surface area contributed by atoms with Crippen molar-refractivity contribution in [2.24, 2.45) is 5.41 Å². The van der Waals surface area contributed by atoms with Crippen LogP contribution in [0, 0.1) is 5.41 Å². The Labute approximate surface area is 73.8 Å². The Hall–Kier alpha value is -0.860. The molecule has 3 nitrogen and oxygen atoms in total. The fraction of sp³-hybridized carbons (Fsp3) is 0.778. The third kappa shape index (κ3) is 1.36. The fourth-order valence-corrected chi connectivity index (χ4v) is 0.877. The van der Waals surface area contributed by atoms with Gasteiger partial charge in [-0.15, -0.1) is 10.2 Å². The lowest BCUT2D eigenvalue weighted by Crippen LogP contribution is -2.39. The first-order chi connectivity index (χ1) is 5.36. The summed E-state index contributed by atoms with van der Waals surface area (Å²) in [6, 6.07) is 0. The Morgan fingerprint density at radius 1 is 0.917 bits per heavy atom. The van der Waals surface area contributed by atoms with Crippen molar-refractivity contribution in [1.82, 2.24) is 14.8 Å². The molecule has 0 fully saturated rings. The van der Waals surface area contributed by atoms with Crippen LogP contribution in [0.4, 0.5) is 0 Å². The van der Waals surface area contributed by atoms with Crippen LogP contribution in [0.5, 0.6) is 0 Å². The molecule has 0 unspecified atom stereocenters. The van der Waals surface area contributed by atoms with Crippen LogP contribution in [0.2, 0.25) is 0 Å². The number of aromatic nitrogens is 3. The summed E-state index contributed by atoms with van der Waals surface area (Å²) in [5, 5.41) is 7.63. The van der Waals surface area contributed by atoms with Gasteiger partial charge in [-0.05, 0) is 19.3 Å². The maximum atomic E-state index is 3.81. The van der Waals surface area contributed by atoms with Gasteiger partial charge in [-0.25, -0.2) is 0 Å². The zero-order valence-electron chi connectivity index (χ0n) is 8.50. The summed E-state index contributed by atoms with van der Waals surface area (Å²) in [4.78, 5) is 0. The molecule has 0 saturated heterocycles. The first-order valence-corrected chi connectivity index (χ1v) is 4.21. The zero-order valence-corrected chi connectivity index (χ0v) is 8.50. The van der Waals surface area contributed by atoms with Crippen LogP contribution in [0.1, 0.15) is 34.6 Å².